The Morgan fingerprint density at radius 2 is 1.38 bits per heavy atom. The van der Waals surface area contributed by atoms with Crippen molar-refractivity contribution in [1.29, 1.82) is 0 Å². The Balaban J connectivity index is 0.984. The van der Waals surface area contributed by atoms with Crippen LogP contribution in [0.5, 0.6) is 0 Å². The van der Waals surface area contributed by atoms with Gasteiger partial charge in [-0.1, -0.05) is 39.3 Å². The van der Waals surface area contributed by atoms with Crippen molar-refractivity contribution in [3.8, 4) is 0 Å². The van der Waals surface area contributed by atoms with Gasteiger partial charge < -0.3 is 89.3 Å². The lowest BCUT2D eigenvalue weighted by Crippen LogP contribution is -2.67. The molecule has 0 aromatic rings. The van der Waals surface area contributed by atoms with E-state index in [0.717, 1.165) is 32.1 Å². The SMILES string of the molecule is CC1O[C@@H](OC2[C@H](OC3CC[C@@]4(C)C(=CC[C@H]5[C@@H]6CC7OC(O)(CC[C@@H](C)CO)[C@@H](C)[C@@H]7[C@@]6(C)CC[C@@H]54)C3)OC(CO)[C@@H](O[C@@H]3OC(CO)[C@@H](O)[C@H](O)C3O)[C@@H]2O)C(O)[C@@H](O)[C@H]1O. The lowest BCUT2D eigenvalue weighted by Gasteiger charge is -2.58. The fraction of sp³-hybridized carbons (Fsp3) is 0.956. The predicted molar refractivity (Wildman–Crippen MR) is 218 cm³/mol. The summed E-state index contributed by atoms with van der Waals surface area (Å²) in [7, 11) is 0. The highest BCUT2D eigenvalue weighted by Crippen LogP contribution is 2.70. The highest BCUT2D eigenvalue weighted by molar-refractivity contribution is 5.26. The molecule has 11 N–H and O–H groups in total. The second-order valence-corrected chi connectivity index (χ2v) is 21.0. The molecule has 4 aliphatic heterocycles. The number of ether oxygens (including phenoxy) is 7. The first-order chi connectivity index (χ1) is 29.8. The number of rotatable bonds is 12. The molecule has 0 aromatic heterocycles. The Kier molecular flexibility index (Phi) is 14.2. The van der Waals surface area contributed by atoms with Crippen LogP contribution < -0.4 is 0 Å². The third kappa shape index (κ3) is 8.41. The molecular formula is C45H74O18. The van der Waals surface area contributed by atoms with Crippen LogP contribution in [0.4, 0.5) is 0 Å². The number of hydrogen-bond acceptors (Lipinski definition) is 18. The van der Waals surface area contributed by atoms with E-state index in [1.54, 1.807) is 0 Å². The number of allylic oxidation sites excluding steroid dienone is 1. The molecule has 26 atom stereocenters. The van der Waals surface area contributed by atoms with E-state index in [4.69, 9.17) is 33.2 Å². The zero-order valence-electron chi connectivity index (χ0n) is 37.1. The second-order valence-electron chi connectivity index (χ2n) is 21.0. The largest absolute Gasteiger partial charge is 0.396 e. The summed E-state index contributed by atoms with van der Waals surface area (Å²) < 4.78 is 42.9. The standard InChI is InChI=1S/C45H74O18/c1-19(16-46)8-13-45(56)20(2)30-27(63-45)15-26-24-7-6-22-14-23(9-11-43(22,4)25(24)10-12-44(26,30)5)58-42-39(62-40-35(53)33(51)31(49)21(3)57-40)37(55)38(29(18-48)60-42)61-41-36(54)34(52)32(50)28(17-47)59-41/h6,19-21,23-42,46-56H,7-18H2,1-5H3/t19-,20+,21?,23?,24-,25+,26+,27?,28?,29?,30+,31+,32-,33+,34+,35?,36?,37+,38-,39?,40+,41+,42-,43+,44+,45?/m1/s1. The number of aliphatic hydroxyl groups is 11. The first kappa shape index (κ1) is 48.5. The van der Waals surface area contributed by atoms with Gasteiger partial charge in [0.05, 0.1) is 31.5 Å². The maximum absolute atomic E-state index is 12.0. The van der Waals surface area contributed by atoms with Crippen LogP contribution in [0, 0.1) is 46.3 Å². The van der Waals surface area contributed by atoms with E-state index in [1.165, 1.54) is 12.5 Å². The Hall–Kier alpha value is -0.980. The van der Waals surface area contributed by atoms with Gasteiger partial charge in [-0.15, -0.1) is 0 Å². The summed E-state index contributed by atoms with van der Waals surface area (Å²) >= 11 is 0. The van der Waals surface area contributed by atoms with Crippen LogP contribution >= 0.6 is 0 Å². The molecule has 63 heavy (non-hydrogen) atoms. The highest BCUT2D eigenvalue weighted by atomic mass is 16.8. The minimum Gasteiger partial charge on any atom is -0.396 e. The van der Waals surface area contributed by atoms with Crippen molar-refractivity contribution in [2.24, 2.45) is 46.3 Å². The molecule has 4 heterocycles. The van der Waals surface area contributed by atoms with Crippen molar-refractivity contribution < 1.29 is 89.3 Å². The summed E-state index contributed by atoms with van der Waals surface area (Å²) in [6.45, 7) is 9.05. The molecule has 9 unspecified atom stereocenters. The smallest absolute Gasteiger partial charge is 0.187 e. The van der Waals surface area contributed by atoms with E-state index in [-0.39, 0.29) is 41.3 Å². The van der Waals surface area contributed by atoms with Crippen LogP contribution in [-0.4, -0.2) is 186 Å². The fourth-order valence-electron chi connectivity index (χ4n) is 13.5. The van der Waals surface area contributed by atoms with Gasteiger partial charge in [0, 0.05) is 18.9 Å². The summed E-state index contributed by atoms with van der Waals surface area (Å²) in [6, 6.07) is 0. The zero-order valence-corrected chi connectivity index (χ0v) is 37.1. The van der Waals surface area contributed by atoms with Crippen molar-refractivity contribution in [2.45, 2.75) is 203 Å². The molecule has 0 bridgehead atoms. The number of hydrogen-bond donors (Lipinski definition) is 11. The van der Waals surface area contributed by atoms with Crippen LogP contribution in [0.3, 0.4) is 0 Å². The molecule has 362 valence electrons. The first-order valence-electron chi connectivity index (χ1n) is 23.4. The molecular weight excluding hydrogens is 828 g/mol. The summed E-state index contributed by atoms with van der Waals surface area (Å²) in [4.78, 5) is 0. The van der Waals surface area contributed by atoms with Gasteiger partial charge in [-0.25, -0.2) is 0 Å². The van der Waals surface area contributed by atoms with Crippen LogP contribution in [-0.2, 0) is 33.2 Å². The average molecular weight is 903 g/mol. The summed E-state index contributed by atoms with van der Waals surface area (Å²) in [5, 5.41) is 117. The van der Waals surface area contributed by atoms with E-state index >= 15 is 0 Å². The monoisotopic (exact) mass is 902 g/mol. The predicted octanol–water partition coefficient (Wildman–Crippen LogP) is -0.831. The van der Waals surface area contributed by atoms with Crippen LogP contribution in [0.1, 0.15) is 92.4 Å². The lowest BCUT2D eigenvalue weighted by molar-refractivity contribution is -0.389. The van der Waals surface area contributed by atoms with Gasteiger partial charge in [-0.05, 0) is 98.7 Å². The molecule has 3 saturated carbocycles. The van der Waals surface area contributed by atoms with Gasteiger partial charge in [0.2, 0.25) is 0 Å². The molecule has 18 heteroatoms. The molecule has 0 aromatic carbocycles. The Morgan fingerprint density at radius 3 is 2.06 bits per heavy atom. The van der Waals surface area contributed by atoms with Crippen molar-refractivity contribution in [1.82, 2.24) is 0 Å². The van der Waals surface area contributed by atoms with E-state index < -0.39 is 117 Å². The molecule has 4 saturated heterocycles. The minimum atomic E-state index is -1.83. The van der Waals surface area contributed by atoms with Crippen LogP contribution in [0.25, 0.3) is 0 Å². The van der Waals surface area contributed by atoms with Gasteiger partial charge >= 0.3 is 0 Å². The molecule has 0 spiro atoms. The molecule has 0 amide bonds. The molecule has 0 radical (unpaired) electrons. The van der Waals surface area contributed by atoms with Crippen molar-refractivity contribution in [3.05, 3.63) is 11.6 Å². The molecule has 4 aliphatic carbocycles. The maximum atomic E-state index is 12.0. The van der Waals surface area contributed by atoms with Gasteiger partial charge in [-0.3, -0.25) is 0 Å². The minimum absolute atomic E-state index is 0.00636. The molecule has 7 fully saturated rings. The summed E-state index contributed by atoms with van der Waals surface area (Å²) in [5.74, 6) is 0.492. The summed E-state index contributed by atoms with van der Waals surface area (Å²) in [6.07, 6.45) is -14.1. The fourth-order valence-corrected chi connectivity index (χ4v) is 13.5. The van der Waals surface area contributed by atoms with E-state index in [9.17, 15) is 56.2 Å². The third-order valence-corrected chi connectivity index (χ3v) is 17.4. The number of fused-ring (bicyclic) bond motifs is 7. The molecule has 18 nitrogen and oxygen atoms in total. The number of aliphatic hydroxyl groups excluding tert-OH is 10. The average Bonchev–Trinajstić information content (AvgIpc) is 3.70. The van der Waals surface area contributed by atoms with Crippen molar-refractivity contribution >= 4 is 0 Å². The zero-order chi connectivity index (χ0) is 45.5. The quantitative estimate of drug-likeness (QED) is 0.107. The van der Waals surface area contributed by atoms with Crippen LogP contribution in [0.2, 0.25) is 0 Å². The Labute approximate surface area is 369 Å². The van der Waals surface area contributed by atoms with E-state index in [0.29, 0.717) is 43.4 Å². The van der Waals surface area contributed by atoms with Crippen molar-refractivity contribution in [3.63, 3.8) is 0 Å². The molecule has 8 rings (SSSR count). The second kappa shape index (κ2) is 18.5. The van der Waals surface area contributed by atoms with Crippen molar-refractivity contribution in [2.75, 3.05) is 19.8 Å². The topological polar surface area (TPSA) is 287 Å². The highest BCUT2D eigenvalue weighted by Gasteiger charge is 2.68. The maximum Gasteiger partial charge on any atom is 0.187 e. The third-order valence-electron chi connectivity index (χ3n) is 17.4. The van der Waals surface area contributed by atoms with Gasteiger partial charge in [0.25, 0.3) is 0 Å². The normalized spacial score (nSPS) is 55.0. The van der Waals surface area contributed by atoms with Gasteiger partial charge in [-0.2, -0.15) is 0 Å². The van der Waals surface area contributed by atoms with Gasteiger partial charge in [0.1, 0.15) is 67.1 Å². The van der Waals surface area contributed by atoms with E-state index in [2.05, 4.69) is 26.8 Å². The summed E-state index contributed by atoms with van der Waals surface area (Å²) in [5.41, 5.74) is 1.22. The molecule has 8 aliphatic rings. The first-order valence-corrected chi connectivity index (χ1v) is 23.4. The van der Waals surface area contributed by atoms with E-state index in [1.807, 2.05) is 6.92 Å². The Morgan fingerprint density at radius 1 is 0.730 bits per heavy atom. The van der Waals surface area contributed by atoms with Gasteiger partial charge in [0.15, 0.2) is 24.7 Å². The lowest BCUT2D eigenvalue weighted by atomic mass is 9.47. The Bertz CT molecular complexity index is 1600. The van der Waals surface area contributed by atoms with Crippen LogP contribution in [0.15, 0.2) is 11.6 Å².